The lowest BCUT2D eigenvalue weighted by Crippen LogP contribution is -2.12. The van der Waals surface area contributed by atoms with E-state index < -0.39 is 5.97 Å². The first-order valence-electron chi connectivity index (χ1n) is 5.68. The number of nitrogens with zero attached hydrogens (tertiary/aromatic N) is 1. The number of hydrogen-bond acceptors (Lipinski definition) is 3. The molecule has 0 aliphatic rings. The van der Waals surface area contributed by atoms with Crippen molar-refractivity contribution in [1.29, 1.82) is 0 Å². The van der Waals surface area contributed by atoms with Crippen LogP contribution in [0, 0.1) is 0 Å². The molecule has 0 saturated heterocycles. The van der Waals surface area contributed by atoms with Crippen molar-refractivity contribution in [1.82, 2.24) is 4.98 Å². The summed E-state index contributed by atoms with van der Waals surface area (Å²) in [6.45, 7) is 6.27. The first-order valence-corrected chi connectivity index (χ1v) is 5.68. The summed E-state index contributed by atoms with van der Waals surface area (Å²) in [5, 5.41) is 8.85. The first kappa shape index (κ1) is 12.4. The van der Waals surface area contributed by atoms with Gasteiger partial charge in [-0.15, -0.1) is 0 Å². The van der Waals surface area contributed by atoms with Crippen LogP contribution in [-0.2, 0) is 5.41 Å². The maximum absolute atomic E-state index is 10.8. The Morgan fingerprint density at radius 3 is 2.50 bits per heavy atom. The van der Waals surface area contributed by atoms with Crippen molar-refractivity contribution in [3.63, 3.8) is 0 Å². The SMILES string of the molecule is CC(C)(C)c1ccccc1-c1nc(C(=O)O)co1. The van der Waals surface area contributed by atoms with Gasteiger partial charge in [0.05, 0.1) is 0 Å². The Labute approximate surface area is 105 Å². The summed E-state index contributed by atoms with van der Waals surface area (Å²) < 4.78 is 5.26. The Hall–Kier alpha value is -2.10. The molecule has 1 aromatic carbocycles. The quantitative estimate of drug-likeness (QED) is 0.881. The molecule has 0 atom stereocenters. The van der Waals surface area contributed by atoms with Crippen molar-refractivity contribution < 1.29 is 14.3 Å². The van der Waals surface area contributed by atoms with Crippen molar-refractivity contribution in [2.45, 2.75) is 26.2 Å². The van der Waals surface area contributed by atoms with Gasteiger partial charge in [0.25, 0.3) is 0 Å². The Morgan fingerprint density at radius 1 is 1.28 bits per heavy atom. The van der Waals surface area contributed by atoms with Crippen LogP contribution in [0.4, 0.5) is 0 Å². The average Bonchev–Trinajstić information content (AvgIpc) is 2.77. The Balaban J connectivity index is 2.53. The van der Waals surface area contributed by atoms with Gasteiger partial charge in [-0.25, -0.2) is 9.78 Å². The first-order chi connectivity index (χ1) is 8.39. The van der Waals surface area contributed by atoms with Crippen LogP contribution in [0.3, 0.4) is 0 Å². The number of carboxylic acids is 1. The second-order valence-corrected chi connectivity index (χ2v) is 5.14. The molecule has 0 fully saturated rings. The molecule has 18 heavy (non-hydrogen) atoms. The van der Waals surface area contributed by atoms with Crippen molar-refractivity contribution in [2.24, 2.45) is 0 Å². The number of aromatic carboxylic acids is 1. The van der Waals surface area contributed by atoms with Crippen molar-refractivity contribution in [3.05, 3.63) is 41.8 Å². The van der Waals surface area contributed by atoms with E-state index in [9.17, 15) is 4.79 Å². The molecule has 0 saturated carbocycles. The van der Waals surface area contributed by atoms with Crippen LogP contribution in [0.15, 0.2) is 34.9 Å². The molecule has 1 N–H and O–H groups in total. The molecule has 4 heteroatoms. The van der Waals surface area contributed by atoms with Crippen LogP contribution in [0.2, 0.25) is 0 Å². The Bertz CT molecular complexity index is 579. The summed E-state index contributed by atoms with van der Waals surface area (Å²) in [7, 11) is 0. The largest absolute Gasteiger partial charge is 0.476 e. The highest BCUT2D eigenvalue weighted by Gasteiger charge is 2.21. The predicted octanol–water partition coefficient (Wildman–Crippen LogP) is 3.34. The minimum Gasteiger partial charge on any atom is -0.476 e. The molecular formula is C14H15NO3. The van der Waals surface area contributed by atoms with Crippen molar-refractivity contribution in [2.75, 3.05) is 0 Å². The predicted molar refractivity (Wildman–Crippen MR) is 67.6 cm³/mol. The maximum atomic E-state index is 10.8. The van der Waals surface area contributed by atoms with Crippen LogP contribution in [0.1, 0.15) is 36.8 Å². The molecule has 0 aliphatic heterocycles. The molecular weight excluding hydrogens is 230 g/mol. The van der Waals surface area contributed by atoms with E-state index in [4.69, 9.17) is 9.52 Å². The fourth-order valence-electron chi connectivity index (χ4n) is 1.82. The van der Waals surface area contributed by atoms with Gasteiger partial charge in [0, 0.05) is 5.56 Å². The van der Waals surface area contributed by atoms with E-state index in [0.29, 0.717) is 5.89 Å². The van der Waals surface area contributed by atoms with E-state index in [2.05, 4.69) is 25.8 Å². The summed E-state index contributed by atoms with van der Waals surface area (Å²) in [4.78, 5) is 14.8. The lowest BCUT2D eigenvalue weighted by Gasteiger charge is -2.21. The zero-order chi connectivity index (χ0) is 13.3. The average molecular weight is 245 g/mol. The van der Waals surface area contributed by atoms with Crippen LogP contribution >= 0.6 is 0 Å². The molecule has 4 nitrogen and oxygen atoms in total. The summed E-state index contributed by atoms with van der Waals surface area (Å²) in [6, 6.07) is 7.72. The zero-order valence-corrected chi connectivity index (χ0v) is 10.6. The van der Waals surface area contributed by atoms with Gasteiger partial charge in [-0.1, -0.05) is 39.0 Å². The van der Waals surface area contributed by atoms with Crippen LogP contribution in [0.25, 0.3) is 11.5 Å². The molecule has 2 aromatic rings. The normalized spacial score (nSPS) is 11.5. The van der Waals surface area contributed by atoms with E-state index in [1.807, 2.05) is 24.3 Å². The van der Waals surface area contributed by atoms with Gasteiger partial charge >= 0.3 is 5.97 Å². The summed E-state index contributed by atoms with van der Waals surface area (Å²) >= 11 is 0. The molecule has 0 bridgehead atoms. The molecule has 0 unspecified atom stereocenters. The summed E-state index contributed by atoms with van der Waals surface area (Å²) in [5.74, 6) is -0.740. The number of oxazole rings is 1. The highest BCUT2D eigenvalue weighted by Crippen LogP contribution is 2.32. The second kappa shape index (κ2) is 4.29. The van der Waals surface area contributed by atoms with E-state index in [-0.39, 0.29) is 11.1 Å². The zero-order valence-electron chi connectivity index (χ0n) is 10.6. The Kier molecular flexibility index (Phi) is 2.95. The smallest absolute Gasteiger partial charge is 0.357 e. The molecule has 94 valence electrons. The maximum Gasteiger partial charge on any atom is 0.357 e. The van der Waals surface area contributed by atoms with Gasteiger partial charge in [0.2, 0.25) is 5.89 Å². The molecule has 2 rings (SSSR count). The Morgan fingerprint density at radius 2 is 1.94 bits per heavy atom. The van der Waals surface area contributed by atoms with Crippen LogP contribution < -0.4 is 0 Å². The van der Waals surface area contributed by atoms with Crippen molar-refractivity contribution in [3.8, 4) is 11.5 Å². The van der Waals surface area contributed by atoms with Gasteiger partial charge < -0.3 is 9.52 Å². The molecule has 0 aliphatic carbocycles. The summed E-state index contributed by atoms with van der Waals surface area (Å²) in [6.07, 6.45) is 1.16. The van der Waals surface area contributed by atoms with Gasteiger partial charge in [0.1, 0.15) is 6.26 Å². The van der Waals surface area contributed by atoms with Gasteiger partial charge in [-0.2, -0.15) is 0 Å². The second-order valence-electron chi connectivity index (χ2n) is 5.14. The van der Waals surface area contributed by atoms with E-state index in [1.165, 1.54) is 0 Å². The standard InChI is InChI=1S/C14H15NO3/c1-14(2,3)10-7-5-4-6-9(10)12-15-11(8-18-12)13(16)17/h4-8H,1-3H3,(H,16,17). The molecule has 0 spiro atoms. The topological polar surface area (TPSA) is 63.3 Å². The fraction of sp³-hybridized carbons (Fsp3) is 0.286. The monoisotopic (exact) mass is 245 g/mol. The van der Waals surface area contributed by atoms with E-state index in [0.717, 1.165) is 17.4 Å². The van der Waals surface area contributed by atoms with Crippen LogP contribution in [-0.4, -0.2) is 16.1 Å². The molecule has 1 aromatic heterocycles. The number of carboxylic acid groups (broad SMARTS) is 1. The number of rotatable bonds is 2. The van der Waals surface area contributed by atoms with Gasteiger partial charge in [-0.05, 0) is 17.0 Å². The number of benzene rings is 1. The lowest BCUT2D eigenvalue weighted by molar-refractivity contribution is 0.0690. The highest BCUT2D eigenvalue weighted by atomic mass is 16.4. The van der Waals surface area contributed by atoms with Crippen LogP contribution in [0.5, 0.6) is 0 Å². The third-order valence-electron chi connectivity index (χ3n) is 2.69. The third-order valence-corrected chi connectivity index (χ3v) is 2.69. The minimum absolute atomic E-state index is 0.0611. The molecule has 0 amide bonds. The third kappa shape index (κ3) is 2.27. The fourth-order valence-corrected chi connectivity index (χ4v) is 1.82. The number of aromatic nitrogens is 1. The highest BCUT2D eigenvalue weighted by molar-refractivity contribution is 5.85. The van der Waals surface area contributed by atoms with E-state index >= 15 is 0 Å². The van der Waals surface area contributed by atoms with Crippen molar-refractivity contribution >= 4 is 5.97 Å². The summed E-state index contributed by atoms with van der Waals surface area (Å²) in [5.41, 5.74) is 1.77. The van der Waals surface area contributed by atoms with Gasteiger partial charge in [0.15, 0.2) is 5.69 Å². The molecule has 1 heterocycles. The van der Waals surface area contributed by atoms with Gasteiger partial charge in [-0.3, -0.25) is 0 Å². The lowest BCUT2D eigenvalue weighted by atomic mass is 9.84. The van der Waals surface area contributed by atoms with E-state index in [1.54, 1.807) is 0 Å². The minimum atomic E-state index is -1.08. The number of carbonyl (C=O) groups is 1. The number of hydrogen-bond donors (Lipinski definition) is 1. The molecule has 0 radical (unpaired) electrons.